The minimum absolute atomic E-state index is 0.187. The molecular formula is C12H16O2S. The third kappa shape index (κ3) is 3.96. The summed E-state index contributed by atoms with van der Waals surface area (Å²) < 4.78 is 4.82. The van der Waals surface area contributed by atoms with Gasteiger partial charge in [0.2, 0.25) is 0 Å². The van der Waals surface area contributed by atoms with Crippen LogP contribution in [0.5, 0.6) is 0 Å². The number of carbonyl (C=O) groups excluding carboxylic acids is 1. The maximum absolute atomic E-state index is 11.2. The van der Waals surface area contributed by atoms with Crippen molar-refractivity contribution in [1.82, 2.24) is 0 Å². The van der Waals surface area contributed by atoms with Gasteiger partial charge in [-0.15, -0.1) is 11.8 Å². The zero-order valence-corrected chi connectivity index (χ0v) is 10.4. The van der Waals surface area contributed by atoms with E-state index in [0.717, 1.165) is 4.90 Å². The molecule has 0 spiro atoms. The van der Waals surface area contributed by atoms with Crippen molar-refractivity contribution in [3.05, 3.63) is 29.8 Å². The third-order valence-corrected chi connectivity index (χ3v) is 2.82. The molecule has 0 aromatic heterocycles. The highest BCUT2D eigenvalue weighted by Crippen LogP contribution is 2.31. The second-order valence-electron chi connectivity index (χ2n) is 4.23. The van der Waals surface area contributed by atoms with Gasteiger partial charge in [-0.25, -0.2) is 4.79 Å². The molecule has 2 nitrogen and oxygen atoms in total. The Bertz CT molecular complexity index is 336. The summed E-state index contributed by atoms with van der Waals surface area (Å²) in [6.45, 7) is 6.48. The number of thioether (sulfide) groups is 1. The Hall–Kier alpha value is -0.960. The molecule has 1 rings (SSSR count). The van der Waals surface area contributed by atoms with Crippen LogP contribution < -0.4 is 0 Å². The molecule has 0 radical (unpaired) electrons. The first-order valence-electron chi connectivity index (χ1n) is 4.80. The van der Waals surface area contributed by atoms with Gasteiger partial charge in [-0.1, -0.05) is 20.8 Å². The van der Waals surface area contributed by atoms with Crippen molar-refractivity contribution in [3.63, 3.8) is 0 Å². The molecule has 0 heterocycles. The quantitative estimate of drug-likeness (QED) is 0.569. The van der Waals surface area contributed by atoms with Gasteiger partial charge in [0, 0.05) is 9.64 Å². The van der Waals surface area contributed by atoms with Crippen LogP contribution in [0, 0.1) is 0 Å². The Labute approximate surface area is 95.0 Å². The first-order valence-corrected chi connectivity index (χ1v) is 5.61. The topological polar surface area (TPSA) is 26.3 Å². The second kappa shape index (κ2) is 4.71. The van der Waals surface area contributed by atoms with E-state index in [-0.39, 0.29) is 10.7 Å². The Morgan fingerprint density at radius 3 is 2.13 bits per heavy atom. The minimum Gasteiger partial charge on any atom is -0.465 e. The largest absolute Gasteiger partial charge is 0.465 e. The summed E-state index contributed by atoms with van der Waals surface area (Å²) in [7, 11) is 1.39. The maximum atomic E-state index is 11.2. The lowest BCUT2D eigenvalue weighted by Gasteiger charge is -2.17. The van der Waals surface area contributed by atoms with Crippen LogP contribution in [-0.2, 0) is 4.74 Å². The molecule has 0 amide bonds. The predicted octanol–water partition coefficient (Wildman–Crippen LogP) is 3.36. The molecule has 82 valence electrons. The van der Waals surface area contributed by atoms with E-state index in [0.29, 0.717) is 5.56 Å². The molecule has 15 heavy (non-hydrogen) atoms. The van der Waals surface area contributed by atoms with E-state index in [1.807, 2.05) is 12.1 Å². The zero-order valence-electron chi connectivity index (χ0n) is 9.53. The van der Waals surface area contributed by atoms with Crippen molar-refractivity contribution in [2.24, 2.45) is 0 Å². The Morgan fingerprint density at radius 1 is 1.20 bits per heavy atom. The van der Waals surface area contributed by atoms with Crippen LogP contribution in [0.2, 0.25) is 0 Å². The van der Waals surface area contributed by atoms with Crippen molar-refractivity contribution in [1.29, 1.82) is 0 Å². The molecule has 0 aliphatic carbocycles. The molecular weight excluding hydrogens is 208 g/mol. The van der Waals surface area contributed by atoms with E-state index in [2.05, 4.69) is 25.5 Å². The van der Waals surface area contributed by atoms with Crippen LogP contribution in [0.15, 0.2) is 29.2 Å². The molecule has 0 fully saturated rings. The van der Waals surface area contributed by atoms with E-state index in [1.54, 1.807) is 23.9 Å². The van der Waals surface area contributed by atoms with Crippen molar-refractivity contribution in [3.8, 4) is 0 Å². The molecule has 1 aromatic carbocycles. The van der Waals surface area contributed by atoms with Crippen LogP contribution in [-0.4, -0.2) is 17.8 Å². The third-order valence-electron chi connectivity index (χ3n) is 1.70. The smallest absolute Gasteiger partial charge is 0.337 e. The van der Waals surface area contributed by atoms with E-state index >= 15 is 0 Å². The number of hydrogen-bond acceptors (Lipinski definition) is 3. The SMILES string of the molecule is COC(=O)c1ccc(SC(C)(C)C)cc1. The number of hydrogen-bond donors (Lipinski definition) is 0. The molecule has 0 bridgehead atoms. The van der Waals surface area contributed by atoms with Gasteiger partial charge in [0.1, 0.15) is 0 Å². The van der Waals surface area contributed by atoms with E-state index in [1.165, 1.54) is 7.11 Å². The lowest BCUT2D eigenvalue weighted by Crippen LogP contribution is -2.06. The number of esters is 1. The summed E-state index contributed by atoms with van der Waals surface area (Å²) in [5.74, 6) is -0.290. The molecule has 0 saturated carbocycles. The number of rotatable bonds is 2. The summed E-state index contributed by atoms with van der Waals surface area (Å²) in [6, 6.07) is 7.48. The zero-order chi connectivity index (χ0) is 11.5. The van der Waals surface area contributed by atoms with Crippen molar-refractivity contribution in [2.45, 2.75) is 30.4 Å². The van der Waals surface area contributed by atoms with E-state index in [9.17, 15) is 4.79 Å². The minimum atomic E-state index is -0.290. The molecule has 0 N–H and O–H groups in total. The molecule has 0 aliphatic heterocycles. The van der Waals surface area contributed by atoms with Crippen LogP contribution in [0.25, 0.3) is 0 Å². The normalized spacial score (nSPS) is 11.2. The molecule has 1 aromatic rings. The van der Waals surface area contributed by atoms with E-state index < -0.39 is 0 Å². The summed E-state index contributed by atoms with van der Waals surface area (Å²) >= 11 is 1.78. The average Bonchev–Trinajstić information content (AvgIpc) is 2.15. The number of methoxy groups -OCH3 is 1. The van der Waals surface area contributed by atoms with Gasteiger partial charge in [-0.2, -0.15) is 0 Å². The summed E-state index contributed by atoms with van der Waals surface area (Å²) in [5, 5.41) is 0. The monoisotopic (exact) mass is 224 g/mol. The number of ether oxygens (including phenoxy) is 1. The highest BCUT2D eigenvalue weighted by atomic mass is 32.2. The highest BCUT2D eigenvalue weighted by molar-refractivity contribution is 8.00. The van der Waals surface area contributed by atoms with Crippen LogP contribution in [0.1, 0.15) is 31.1 Å². The molecule has 0 unspecified atom stereocenters. The molecule has 0 atom stereocenters. The fourth-order valence-electron chi connectivity index (χ4n) is 1.13. The fraction of sp³-hybridized carbons (Fsp3) is 0.417. The second-order valence-corrected chi connectivity index (χ2v) is 6.13. The van der Waals surface area contributed by atoms with Crippen LogP contribution in [0.4, 0.5) is 0 Å². The first kappa shape index (κ1) is 12.1. The summed E-state index contributed by atoms with van der Waals surface area (Å²) in [6.07, 6.45) is 0. The van der Waals surface area contributed by atoms with Gasteiger partial charge in [-0.05, 0) is 24.3 Å². The number of benzene rings is 1. The average molecular weight is 224 g/mol. The first-order chi connectivity index (χ1) is 6.92. The molecule has 0 aliphatic rings. The Kier molecular flexibility index (Phi) is 3.80. The van der Waals surface area contributed by atoms with Crippen LogP contribution in [0.3, 0.4) is 0 Å². The lowest BCUT2D eigenvalue weighted by molar-refractivity contribution is 0.0600. The number of carbonyl (C=O) groups is 1. The molecule has 0 saturated heterocycles. The van der Waals surface area contributed by atoms with Gasteiger partial charge >= 0.3 is 5.97 Å². The van der Waals surface area contributed by atoms with Gasteiger partial charge in [0.05, 0.1) is 12.7 Å². The summed E-state index contributed by atoms with van der Waals surface area (Å²) in [4.78, 5) is 12.3. The summed E-state index contributed by atoms with van der Waals surface area (Å²) in [5.41, 5.74) is 0.593. The van der Waals surface area contributed by atoms with Gasteiger partial charge < -0.3 is 4.74 Å². The van der Waals surface area contributed by atoms with Crippen molar-refractivity contribution in [2.75, 3.05) is 7.11 Å². The maximum Gasteiger partial charge on any atom is 0.337 e. The Morgan fingerprint density at radius 2 is 1.73 bits per heavy atom. The standard InChI is InChI=1S/C12H16O2S/c1-12(2,3)15-10-7-5-9(6-8-10)11(13)14-4/h5-8H,1-4H3. The Balaban J connectivity index is 2.77. The fourth-order valence-corrected chi connectivity index (χ4v) is 2.11. The molecule has 3 heteroatoms. The lowest BCUT2D eigenvalue weighted by atomic mass is 10.2. The van der Waals surface area contributed by atoms with Gasteiger partial charge in [0.15, 0.2) is 0 Å². The van der Waals surface area contributed by atoms with Crippen LogP contribution >= 0.6 is 11.8 Å². The van der Waals surface area contributed by atoms with Crippen molar-refractivity contribution < 1.29 is 9.53 Å². The van der Waals surface area contributed by atoms with Gasteiger partial charge in [-0.3, -0.25) is 0 Å². The van der Waals surface area contributed by atoms with E-state index in [4.69, 9.17) is 0 Å². The predicted molar refractivity (Wildman–Crippen MR) is 63.4 cm³/mol. The highest BCUT2D eigenvalue weighted by Gasteiger charge is 2.12. The van der Waals surface area contributed by atoms with Crippen molar-refractivity contribution >= 4 is 17.7 Å². The van der Waals surface area contributed by atoms with Gasteiger partial charge in [0.25, 0.3) is 0 Å².